The molecule has 0 aliphatic carbocycles. The lowest BCUT2D eigenvalue weighted by atomic mass is 10.2. The molecular weight excluding hydrogens is 164 g/mol. The largest absolute Gasteiger partial charge is 0.462 e. The van der Waals surface area contributed by atoms with E-state index < -0.39 is 0 Å². The molecule has 0 radical (unpaired) electrons. The molecule has 0 aromatic heterocycles. The molecule has 0 bridgehead atoms. The zero-order chi connectivity index (χ0) is 10.3. The highest BCUT2D eigenvalue weighted by Gasteiger charge is 2.04. The van der Waals surface area contributed by atoms with Gasteiger partial charge in [0.1, 0.15) is 0 Å². The van der Waals surface area contributed by atoms with E-state index in [1.54, 1.807) is 0 Å². The second kappa shape index (κ2) is 6.70. The third-order valence-electron chi connectivity index (χ3n) is 1.71. The van der Waals surface area contributed by atoms with Crippen LogP contribution in [-0.4, -0.2) is 12.1 Å². The van der Waals surface area contributed by atoms with Crippen LogP contribution >= 0.6 is 0 Å². The molecule has 0 fully saturated rings. The predicted octanol–water partition coefficient (Wildman–Crippen LogP) is 2.93. The lowest BCUT2D eigenvalue weighted by Gasteiger charge is -2.09. The average molecular weight is 184 g/mol. The normalized spacial score (nSPS) is 13.6. The van der Waals surface area contributed by atoms with Gasteiger partial charge >= 0.3 is 5.97 Å². The highest BCUT2D eigenvalue weighted by atomic mass is 16.5. The molecule has 0 aliphatic rings. The van der Waals surface area contributed by atoms with Gasteiger partial charge in [0.05, 0.1) is 12.5 Å². The van der Waals surface area contributed by atoms with E-state index in [0.717, 1.165) is 6.42 Å². The van der Waals surface area contributed by atoms with Gasteiger partial charge in [-0.3, -0.25) is 4.79 Å². The second-order valence-corrected chi connectivity index (χ2v) is 3.59. The van der Waals surface area contributed by atoms with Gasteiger partial charge in [0, 0.05) is 0 Å². The standard InChI is InChI=1S/C11H20O2/c1-5-10(4)13-11(12)8-6-7-9(2)3/h6-7,9-10H,5,8H2,1-4H3/b7-6+. The molecule has 0 saturated carbocycles. The van der Waals surface area contributed by atoms with Crippen LogP contribution < -0.4 is 0 Å². The molecule has 0 heterocycles. The number of carbonyl (C=O) groups excluding carboxylic acids is 1. The van der Waals surface area contributed by atoms with Crippen molar-refractivity contribution >= 4 is 5.97 Å². The van der Waals surface area contributed by atoms with Crippen LogP contribution in [0.4, 0.5) is 0 Å². The van der Waals surface area contributed by atoms with Crippen LogP contribution in [0.25, 0.3) is 0 Å². The molecule has 0 saturated heterocycles. The topological polar surface area (TPSA) is 26.3 Å². The Hall–Kier alpha value is -0.790. The number of carbonyl (C=O) groups is 1. The summed E-state index contributed by atoms with van der Waals surface area (Å²) in [6.45, 7) is 8.07. The lowest BCUT2D eigenvalue weighted by Crippen LogP contribution is -2.12. The zero-order valence-electron chi connectivity index (χ0n) is 9.04. The summed E-state index contributed by atoms with van der Waals surface area (Å²) in [6.07, 6.45) is 5.19. The van der Waals surface area contributed by atoms with E-state index in [0.29, 0.717) is 12.3 Å². The van der Waals surface area contributed by atoms with Crippen LogP contribution in [0.3, 0.4) is 0 Å². The summed E-state index contributed by atoms with van der Waals surface area (Å²) in [7, 11) is 0. The van der Waals surface area contributed by atoms with E-state index in [4.69, 9.17) is 4.74 Å². The molecule has 1 unspecified atom stereocenters. The predicted molar refractivity (Wildman–Crippen MR) is 54.4 cm³/mol. The number of ether oxygens (including phenoxy) is 1. The Balaban J connectivity index is 3.63. The molecule has 1 atom stereocenters. The Bertz CT molecular complexity index is 171. The van der Waals surface area contributed by atoms with Crippen LogP contribution in [0.2, 0.25) is 0 Å². The first-order valence-corrected chi connectivity index (χ1v) is 4.92. The summed E-state index contributed by atoms with van der Waals surface area (Å²) in [4.78, 5) is 11.1. The van der Waals surface area contributed by atoms with Crippen LogP contribution in [0.15, 0.2) is 12.2 Å². The number of hydrogen-bond acceptors (Lipinski definition) is 2. The molecule has 0 aliphatic heterocycles. The van der Waals surface area contributed by atoms with E-state index in [9.17, 15) is 4.79 Å². The molecule has 2 nitrogen and oxygen atoms in total. The Morgan fingerprint density at radius 2 is 2.00 bits per heavy atom. The van der Waals surface area contributed by atoms with Crippen molar-refractivity contribution in [3.8, 4) is 0 Å². The molecular formula is C11H20O2. The third-order valence-corrected chi connectivity index (χ3v) is 1.71. The fraction of sp³-hybridized carbons (Fsp3) is 0.727. The molecule has 76 valence electrons. The van der Waals surface area contributed by atoms with Gasteiger partial charge in [0.25, 0.3) is 0 Å². The first-order chi connectivity index (χ1) is 6.06. The summed E-state index contributed by atoms with van der Waals surface area (Å²) in [5.74, 6) is 0.364. The van der Waals surface area contributed by atoms with Crippen LogP contribution in [0.5, 0.6) is 0 Å². The fourth-order valence-electron chi connectivity index (χ4n) is 0.792. The van der Waals surface area contributed by atoms with Crippen molar-refractivity contribution in [1.82, 2.24) is 0 Å². The zero-order valence-corrected chi connectivity index (χ0v) is 9.04. The first kappa shape index (κ1) is 12.2. The SMILES string of the molecule is CCC(C)OC(=O)C/C=C/C(C)C. The maximum Gasteiger partial charge on any atom is 0.309 e. The van der Waals surface area contributed by atoms with Gasteiger partial charge < -0.3 is 4.74 Å². The summed E-state index contributed by atoms with van der Waals surface area (Å²) < 4.78 is 5.09. The van der Waals surface area contributed by atoms with Crippen molar-refractivity contribution in [3.63, 3.8) is 0 Å². The summed E-state index contributed by atoms with van der Waals surface area (Å²) in [5.41, 5.74) is 0. The maximum absolute atomic E-state index is 11.1. The van der Waals surface area contributed by atoms with E-state index in [-0.39, 0.29) is 12.1 Å². The Morgan fingerprint density at radius 3 is 2.46 bits per heavy atom. The number of hydrogen-bond donors (Lipinski definition) is 0. The molecule has 0 spiro atoms. The maximum atomic E-state index is 11.1. The van der Waals surface area contributed by atoms with E-state index in [2.05, 4.69) is 13.8 Å². The molecule has 0 N–H and O–H groups in total. The summed E-state index contributed by atoms with van der Waals surface area (Å²) in [5, 5.41) is 0. The Labute approximate surface area is 81.0 Å². The van der Waals surface area contributed by atoms with Gasteiger partial charge in [0.2, 0.25) is 0 Å². The van der Waals surface area contributed by atoms with Gasteiger partial charge in [0.15, 0.2) is 0 Å². The van der Waals surface area contributed by atoms with E-state index in [1.807, 2.05) is 26.0 Å². The average Bonchev–Trinajstić information content (AvgIpc) is 2.03. The van der Waals surface area contributed by atoms with Gasteiger partial charge in [-0.1, -0.05) is 32.9 Å². The summed E-state index contributed by atoms with van der Waals surface area (Å²) >= 11 is 0. The van der Waals surface area contributed by atoms with Crippen molar-refractivity contribution < 1.29 is 9.53 Å². The quantitative estimate of drug-likeness (QED) is 0.485. The smallest absolute Gasteiger partial charge is 0.309 e. The van der Waals surface area contributed by atoms with Crippen LogP contribution in [-0.2, 0) is 9.53 Å². The number of rotatable bonds is 5. The van der Waals surface area contributed by atoms with Crippen molar-refractivity contribution in [2.45, 2.75) is 46.6 Å². The minimum atomic E-state index is -0.133. The van der Waals surface area contributed by atoms with E-state index in [1.165, 1.54) is 0 Å². The Kier molecular flexibility index (Phi) is 6.29. The van der Waals surface area contributed by atoms with Crippen molar-refractivity contribution in [3.05, 3.63) is 12.2 Å². The van der Waals surface area contributed by atoms with Crippen molar-refractivity contribution in [1.29, 1.82) is 0 Å². The van der Waals surface area contributed by atoms with Crippen molar-refractivity contribution in [2.24, 2.45) is 5.92 Å². The fourth-order valence-corrected chi connectivity index (χ4v) is 0.792. The highest BCUT2D eigenvalue weighted by molar-refractivity contribution is 5.71. The number of esters is 1. The second-order valence-electron chi connectivity index (χ2n) is 3.59. The first-order valence-electron chi connectivity index (χ1n) is 4.92. The van der Waals surface area contributed by atoms with Crippen LogP contribution in [0.1, 0.15) is 40.5 Å². The van der Waals surface area contributed by atoms with Crippen molar-refractivity contribution in [2.75, 3.05) is 0 Å². The molecule has 0 rings (SSSR count). The Morgan fingerprint density at radius 1 is 1.38 bits per heavy atom. The van der Waals surface area contributed by atoms with E-state index >= 15 is 0 Å². The molecule has 13 heavy (non-hydrogen) atoms. The van der Waals surface area contributed by atoms with Gasteiger partial charge in [-0.25, -0.2) is 0 Å². The molecule has 0 amide bonds. The molecule has 2 heteroatoms. The third kappa shape index (κ3) is 7.57. The highest BCUT2D eigenvalue weighted by Crippen LogP contribution is 2.01. The minimum Gasteiger partial charge on any atom is -0.462 e. The van der Waals surface area contributed by atoms with Gasteiger partial charge in [-0.2, -0.15) is 0 Å². The molecule has 0 aromatic carbocycles. The lowest BCUT2D eigenvalue weighted by molar-refractivity contribution is -0.147. The monoisotopic (exact) mass is 184 g/mol. The number of allylic oxidation sites excluding steroid dienone is 1. The van der Waals surface area contributed by atoms with Crippen LogP contribution in [0, 0.1) is 5.92 Å². The summed E-state index contributed by atoms with van der Waals surface area (Å²) in [6, 6.07) is 0. The van der Waals surface area contributed by atoms with Gasteiger partial charge in [-0.15, -0.1) is 0 Å². The minimum absolute atomic E-state index is 0.0416. The van der Waals surface area contributed by atoms with Gasteiger partial charge in [-0.05, 0) is 19.3 Å². The molecule has 0 aromatic rings.